The van der Waals surface area contributed by atoms with Gasteiger partial charge in [-0.1, -0.05) is 36.4 Å². The van der Waals surface area contributed by atoms with E-state index in [1.54, 1.807) is 24.3 Å². The average Bonchev–Trinajstić information content (AvgIpc) is 2.66. The van der Waals surface area contributed by atoms with Crippen molar-refractivity contribution in [2.24, 2.45) is 5.73 Å². The van der Waals surface area contributed by atoms with Crippen LogP contribution in [-0.4, -0.2) is 35.7 Å². The van der Waals surface area contributed by atoms with Gasteiger partial charge < -0.3 is 16.6 Å². The lowest BCUT2D eigenvalue weighted by atomic mass is 9.93. The molecule has 3 rings (SSSR count). The molecule has 8 nitrogen and oxygen atoms in total. The average molecular weight is 426 g/mol. The molecule has 0 fully saturated rings. The first-order valence-corrected chi connectivity index (χ1v) is 10.9. The minimum Gasteiger partial charge on any atom is -0.476 e. The zero-order valence-electron chi connectivity index (χ0n) is 16.7. The van der Waals surface area contributed by atoms with E-state index in [1.807, 2.05) is 26.0 Å². The van der Waals surface area contributed by atoms with Crippen LogP contribution in [0.15, 0.2) is 53.4 Å². The Morgan fingerprint density at radius 2 is 1.40 bits per heavy atom. The monoisotopic (exact) mass is 426 g/mol. The SMILES string of the molecule is CC(C)(N)c1ccc(-c2nc(C(=O)O)c(N)nc2-c2ccc(S(C)(=O)=O)cc2)cc1. The van der Waals surface area contributed by atoms with Gasteiger partial charge in [0.05, 0.1) is 16.3 Å². The van der Waals surface area contributed by atoms with E-state index in [9.17, 15) is 18.3 Å². The number of carbonyl (C=O) groups is 1. The Morgan fingerprint density at radius 1 is 0.933 bits per heavy atom. The second-order valence-electron chi connectivity index (χ2n) is 7.56. The molecule has 1 heterocycles. The Kier molecular flexibility index (Phi) is 5.36. The molecule has 0 aliphatic heterocycles. The maximum Gasteiger partial charge on any atom is 0.358 e. The number of rotatable bonds is 5. The molecular formula is C21H22N4O4S. The fourth-order valence-electron chi connectivity index (χ4n) is 2.93. The van der Waals surface area contributed by atoms with Crippen LogP contribution >= 0.6 is 0 Å². The van der Waals surface area contributed by atoms with Crippen molar-refractivity contribution < 1.29 is 18.3 Å². The topological polar surface area (TPSA) is 149 Å². The number of aromatic carboxylic acids is 1. The Hall–Kier alpha value is -3.30. The minimum absolute atomic E-state index is 0.158. The highest BCUT2D eigenvalue weighted by Gasteiger charge is 2.21. The van der Waals surface area contributed by atoms with Gasteiger partial charge in [0.15, 0.2) is 21.3 Å². The predicted octanol–water partition coefficient (Wildman–Crippen LogP) is 2.69. The Labute approximate surface area is 174 Å². The van der Waals surface area contributed by atoms with E-state index in [-0.39, 0.29) is 16.4 Å². The molecule has 30 heavy (non-hydrogen) atoms. The maximum atomic E-state index is 11.7. The Bertz CT molecular complexity index is 1210. The van der Waals surface area contributed by atoms with Crippen molar-refractivity contribution in [3.05, 3.63) is 59.8 Å². The summed E-state index contributed by atoms with van der Waals surface area (Å²) in [6.07, 6.45) is 1.12. The number of carboxylic acids is 1. The highest BCUT2D eigenvalue weighted by atomic mass is 32.2. The van der Waals surface area contributed by atoms with E-state index in [0.29, 0.717) is 22.5 Å². The molecule has 0 radical (unpaired) electrons. The van der Waals surface area contributed by atoms with Crippen LogP contribution in [0.5, 0.6) is 0 Å². The molecule has 0 atom stereocenters. The van der Waals surface area contributed by atoms with E-state index >= 15 is 0 Å². The summed E-state index contributed by atoms with van der Waals surface area (Å²) in [6.45, 7) is 3.75. The van der Waals surface area contributed by atoms with Crippen molar-refractivity contribution in [2.75, 3.05) is 12.0 Å². The second-order valence-corrected chi connectivity index (χ2v) is 9.57. The zero-order chi connectivity index (χ0) is 22.3. The molecule has 1 aromatic heterocycles. The molecule has 5 N–H and O–H groups in total. The normalized spacial score (nSPS) is 12.0. The van der Waals surface area contributed by atoms with Crippen LogP contribution in [0.4, 0.5) is 5.82 Å². The lowest BCUT2D eigenvalue weighted by molar-refractivity contribution is 0.0691. The second kappa shape index (κ2) is 7.51. The molecule has 0 aliphatic rings. The van der Waals surface area contributed by atoms with Crippen LogP contribution in [0.25, 0.3) is 22.5 Å². The largest absolute Gasteiger partial charge is 0.476 e. The molecule has 3 aromatic rings. The summed E-state index contributed by atoms with van der Waals surface area (Å²) in [5.41, 5.74) is 13.8. The van der Waals surface area contributed by atoms with E-state index in [0.717, 1.165) is 11.8 Å². The molecular weight excluding hydrogens is 404 g/mol. The summed E-state index contributed by atoms with van der Waals surface area (Å²) in [7, 11) is -3.36. The first-order chi connectivity index (χ1) is 13.9. The smallest absolute Gasteiger partial charge is 0.358 e. The molecule has 0 bridgehead atoms. The summed E-state index contributed by atoms with van der Waals surface area (Å²) in [5, 5.41) is 9.41. The van der Waals surface area contributed by atoms with Crippen molar-refractivity contribution in [3.8, 4) is 22.5 Å². The van der Waals surface area contributed by atoms with Crippen LogP contribution in [0.2, 0.25) is 0 Å². The van der Waals surface area contributed by atoms with Crippen LogP contribution in [0.1, 0.15) is 29.9 Å². The number of benzene rings is 2. The van der Waals surface area contributed by atoms with Crippen molar-refractivity contribution >= 4 is 21.6 Å². The third kappa shape index (κ3) is 4.32. The van der Waals surface area contributed by atoms with E-state index in [2.05, 4.69) is 9.97 Å². The lowest BCUT2D eigenvalue weighted by Crippen LogP contribution is -2.28. The van der Waals surface area contributed by atoms with Gasteiger partial charge in [0.2, 0.25) is 0 Å². The van der Waals surface area contributed by atoms with Crippen LogP contribution in [0.3, 0.4) is 0 Å². The molecule has 0 aliphatic carbocycles. The minimum atomic E-state index is -3.36. The van der Waals surface area contributed by atoms with Crippen LogP contribution in [0, 0.1) is 0 Å². The number of nitrogens with two attached hydrogens (primary N) is 2. The number of nitrogen functional groups attached to an aromatic ring is 1. The highest BCUT2D eigenvalue weighted by Crippen LogP contribution is 2.32. The van der Waals surface area contributed by atoms with Gasteiger partial charge >= 0.3 is 5.97 Å². The molecule has 9 heteroatoms. The van der Waals surface area contributed by atoms with Crippen molar-refractivity contribution in [1.82, 2.24) is 9.97 Å². The summed E-state index contributed by atoms with van der Waals surface area (Å²) in [4.78, 5) is 20.2. The van der Waals surface area contributed by atoms with E-state index < -0.39 is 21.3 Å². The fourth-order valence-corrected chi connectivity index (χ4v) is 3.56. The van der Waals surface area contributed by atoms with Gasteiger partial charge in [-0.05, 0) is 31.5 Å². The summed E-state index contributed by atoms with van der Waals surface area (Å²) in [5.74, 6) is -1.52. The molecule has 0 saturated carbocycles. The van der Waals surface area contributed by atoms with Crippen LogP contribution < -0.4 is 11.5 Å². The molecule has 0 amide bonds. The third-order valence-corrected chi connectivity index (χ3v) is 5.71. The molecule has 156 valence electrons. The van der Waals surface area contributed by atoms with Gasteiger partial charge in [-0.2, -0.15) is 0 Å². The van der Waals surface area contributed by atoms with Crippen LogP contribution in [-0.2, 0) is 15.4 Å². The summed E-state index contributed by atoms with van der Waals surface area (Å²) < 4.78 is 23.5. The highest BCUT2D eigenvalue weighted by molar-refractivity contribution is 7.90. The van der Waals surface area contributed by atoms with E-state index in [4.69, 9.17) is 11.5 Å². The molecule has 0 unspecified atom stereocenters. The van der Waals surface area contributed by atoms with Gasteiger partial charge in [0.25, 0.3) is 0 Å². The summed E-state index contributed by atoms with van der Waals surface area (Å²) in [6, 6.07) is 13.3. The van der Waals surface area contributed by atoms with Gasteiger partial charge in [0, 0.05) is 22.9 Å². The number of nitrogens with zero attached hydrogens (tertiary/aromatic N) is 2. The lowest BCUT2D eigenvalue weighted by Gasteiger charge is -2.19. The molecule has 0 saturated heterocycles. The van der Waals surface area contributed by atoms with Gasteiger partial charge in [0.1, 0.15) is 0 Å². The van der Waals surface area contributed by atoms with Crippen molar-refractivity contribution in [2.45, 2.75) is 24.3 Å². The maximum absolute atomic E-state index is 11.7. The number of aromatic nitrogens is 2. The number of carboxylic acid groups (broad SMARTS) is 1. The number of hydrogen-bond acceptors (Lipinski definition) is 7. The van der Waals surface area contributed by atoms with Gasteiger partial charge in [-0.15, -0.1) is 0 Å². The number of sulfone groups is 1. The quantitative estimate of drug-likeness (QED) is 0.564. The van der Waals surface area contributed by atoms with Gasteiger partial charge in [-0.25, -0.2) is 23.2 Å². The fraction of sp³-hybridized carbons (Fsp3) is 0.190. The number of anilines is 1. The first kappa shape index (κ1) is 21.4. The Balaban J connectivity index is 2.20. The Morgan fingerprint density at radius 3 is 1.83 bits per heavy atom. The molecule has 0 spiro atoms. The van der Waals surface area contributed by atoms with Crippen molar-refractivity contribution in [1.29, 1.82) is 0 Å². The molecule has 2 aromatic carbocycles. The number of hydrogen-bond donors (Lipinski definition) is 3. The van der Waals surface area contributed by atoms with Gasteiger partial charge in [-0.3, -0.25) is 0 Å². The summed E-state index contributed by atoms with van der Waals surface area (Å²) >= 11 is 0. The third-order valence-electron chi connectivity index (χ3n) is 4.58. The van der Waals surface area contributed by atoms with E-state index in [1.165, 1.54) is 12.1 Å². The predicted molar refractivity (Wildman–Crippen MR) is 115 cm³/mol. The zero-order valence-corrected chi connectivity index (χ0v) is 17.6. The standard InChI is InChI=1S/C21H22N4O4S/c1-21(2,23)14-8-4-12(5-9-14)16-17(25-19(22)18(24-16)20(26)27)13-6-10-15(11-7-13)30(3,28)29/h4-11H,23H2,1-3H3,(H2,22,25)(H,26,27). The first-order valence-electron chi connectivity index (χ1n) is 8.99. The van der Waals surface area contributed by atoms with Crippen molar-refractivity contribution in [3.63, 3.8) is 0 Å².